The van der Waals surface area contributed by atoms with E-state index in [2.05, 4.69) is 0 Å². The first-order valence-electron chi connectivity index (χ1n) is 14.1. The van der Waals surface area contributed by atoms with Crippen LogP contribution in [0.4, 0.5) is 0 Å². The fourth-order valence-electron chi connectivity index (χ4n) is 4.43. The van der Waals surface area contributed by atoms with Crippen LogP contribution in [0.2, 0.25) is 0 Å². The number of halogens is 3. The second-order valence-corrected chi connectivity index (χ2v) is 13.4. The Kier molecular flexibility index (Phi) is 11.9. The van der Waals surface area contributed by atoms with E-state index in [0.29, 0.717) is 0 Å². The number of ether oxygens (including phenoxy) is 6. The maximum absolute atomic E-state index is 13.7. The van der Waals surface area contributed by atoms with Gasteiger partial charge in [-0.25, -0.2) is 9.59 Å². The Hall–Kier alpha value is -3.18. The van der Waals surface area contributed by atoms with Crippen LogP contribution in [-0.2, 0) is 46.4 Å². The highest BCUT2D eigenvalue weighted by Gasteiger charge is 2.55. The van der Waals surface area contributed by atoms with Crippen molar-refractivity contribution in [2.45, 2.75) is 74.1 Å². The first-order chi connectivity index (χ1) is 21.3. The smallest absolute Gasteiger partial charge is 0.338 e. The third kappa shape index (κ3) is 10.2. The van der Waals surface area contributed by atoms with E-state index in [9.17, 15) is 9.59 Å². The molecule has 9 nitrogen and oxygen atoms in total. The molecule has 1 aliphatic heterocycles. The fourth-order valence-corrected chi connectivity index (χ4v) is 4.57. The molecule has 1 aliphatic rings. The Morgan fingerprint density at radius 3 is 1.71 bits per heavy atom. The van der Waals surface area contributed by atoms with Gasteiger partial charge in [0.05, 0.1) is 18.8 Å². The standard InChI is InChI=1S/C33H34Cl3NO8/c1-32(2,3)45-29(39)26-24(40-19-21-13-7-4-8-14-21)25(41-20-22-15-9-5-10-16-22)27(30(43-26)44-31(37)33(34,35)36)42-28(38)23-17-11-6-12-18-23/h4-18,24-27,30,37H,19-20H2,1-3H3/t24-,25-,26-,27+,30+/m0/s1. The van der Waals surface area contributed by atoms with Gasteiger partial charge in [-0.15, -0.1) is 0 Å². The molecule has 1 fully saturated rings. The predicted octanol–water partition coefficient (Wildman–Crippen LogP) is 6.81. The van der Waals surface area contributed by atoms with E-state index in [1.54, 1.807) is 51.1 Å². The minimum atomic E-state index is -2.29. The number of carbonyl (C=O) groups excluding carboxylic acids is 2. The summed E-state index contributed by atoms with van der Waals surface area (Å²) in [4.78, 5) is 27.1. The van der Waals surface area contributed by atoms with Gasteiger partial charge in [0.1, 0.15) is 17.8 Å². The van der Waals surface area contributed by atoms with Gasteiger partial charge in [0.25, 0.3) is 3.79 Å². The van der Waals surface area contributed by atoms with Gasteiger partial charge in [-0.05, 0) is 44.0 Å². The molecule has 3 aromatic rings. The van der Waals surface area contributed by atoms with Crippen molar-refractivity contribution >= 4 is 52.6 Å². The van der Waals surface area contributed by atoms with Crippen molar-refractivity contribution in [2.24, 2.45) is 0 Å². The Bertz CT molecular complexity index is 1410. The maximum atomic E-state index is 13.7. The zero-order valence-electron chi connectivity index (χ0n) is 24.9. The minimum Gasteiger partial charge on any atom is -0.458 e. The summed E-state index contributed by atoms with van der Waals surface area (Å²) in [6, 6.07) is 26.8. The first kappa shape index (κ1) is 34.7. The van der Waals surface area contributed by atoms with E-state index >= 15 is 0 Å². The molecule has 5 atom stereocenters. The van der Waals surface area contributed by atoms with Gasteiger partial charge in [-0.1, -0.05) is 114 Å². The largest absolute Gasteiger partial charge is 0.458 e. The van der Waals surface area contributed by atoms with Crippen LogP contribution in [0, 0.1) is 5.41 Å². The number of benzene rings is 3. The van der Waals surface area contributed by atoms with Crippen molar-refractivity contribution in [3.05, 3.63) is 108 Å². The van der Waals surface area contributed by atoms with Gasteiger partial charge in [-0.2, -0.15) is 0 Å². The molecule has 0 unspecified atom stereocenters. The fraction of sp³-hybridized carbons (Fsp3) is 0.364. The van der Waals surface area contributed by atoms with Crippen molar-refractivity contribution < 1.29 is 38.0 Å². The number of hydrogen-bond donors (Lipinski definition) is 1. The molecule has 0 aliphatic carbocycles. The average Bonchev–Trinajstić information content (AvgIpc) is 3.00. The van der Waals surface area contributed by atoms with Crippen LogP contribution in [0.5, 0.6) is 0 Å². The van der Waals surface area contributed by atoms with Gasteiger partial charge in [0, 0.05) is 0 Å². The molecule has 0 aromatic heterocycles. The average molecular weight is 679 g/mol. The van der Waals surface area contributed by atoms with Crippen molar-refractivity contribution in [1.82, 2.24) is 0 Å². The van der Waals surface area contributed by atoms with E-state index in [-0.39, 0.29) is 18.8 Å². The summed E-state index contributed by atoms with van der Waals surface area (Å²) < 4.78 is 33.8. The SMILES string of the molecule is CC(C)(C)OC(=O)[C@H]1O[C@H](OC(=N)C(Cl)(Cl)Cl)[C@H](OC(=O)c2ccccc2)[C@@H](OCc2ccccc2)[C@@H]1OCc1ccccc1. The molecule has 45 heavy (non-hydrogen) atoms. The molecule has 0 bridgehead atoms. The highest BCUT2D eigenvalue weighted by atomic mass is 35.6. The molecule has 0 amide bonds. The van der Waals surface area contributed by atoms with Crippen molar-refractivity contribution in [3.8, 4) is 0 Å². The summed E-state index contributed by atoms with van der Waals surface area (Å²) >= 11 is 17.8. The Morgan fingerprint density at radius 2 is 1.22 bits per heavy atom. The lowest BCUT2D eigenvalue weighted by molar-refractivity contribution is -0.295. The molecule has 0 saturated carbocycles. The van der Waals surface area contributed by atoms with Gasteiger partial charge >= 0.3 is 11.9 Å². The van der Waals surface area contributed by atoms with Crippen LogP contribution in [0.25, 0.3) is 0 Å². The number of hydrogen-bond acceptors (Lipinski definition) is 9. The second-order valence-electron chi connectivity index (χ2n) is 11.2. The molecule has 0 spiro atoms. The van der Waals surface area contributed by atoms with Crippen molar-refractivity contribution in [1.29, 1.82) is 5.41 Å². The number of esters is 2. The topological polar surface area (TPSA) is 113 Å². The molecule has 1 saturated heterocycles. The molecular formula is C33H34Cl3NO8. The van der Waals surface area contributed by atoms with Crippen LogP contribution >= 0.6 is 34.8 Å². The van der Waals surface area contributed by atoms with Crippen LogP contribution in [0.3, 0.4) is 0 Å². The highest BCUT2D eigenvalue weighted by Crippen LogP contribution is 2.35. The molecule has 1 heterocycles. The quantitative estimate of drug-likeness (QED) is 0.108. The molecule has 3 aromatic carbocycles. The summed E-state index contributed by atoms with van der Waals surface area (Å²) in [5.41, 5.74) is 0.920. The second kappa shape index (κ2) is 15.4. The maximum Gasteiger partial charge on any atom is 0.338 e. The zero-order valence-corrected chi connectivity index (χ0v) is 27.1. The lowest BCUT2D eigenvalue weighted by Gasteiger charge is -2.45. The summed E-state index contributed by atoms with van der Waals surface area (Å²) in [7, 11) is 0. The lowest BCUT2D eigenvalue weighted by Crippen LogP contribution is -2.64. The van der Waals surface area contributed by atoms with Crippen LogP contribution in [0.1, 0.15) is 42.3 Å². The normalized spacial score (nSPS) is 21.9. The first-order valence-corrected chi connectivity index (χ1v) is 15.2. The van der Waals surface area contributed by atoms with Crippen LogP contribution in [0.15, 0.2) is 91.0 Å². The monoisotopic (exact) mass is 677 g/mol. The third-order valence-corrected chi connectivity index (χ3v) is 6.96. The van der Waals surface area contributed by atoms with Gasteiger partial charge in [0.2, 0.25) is 12.2 Å². The van der Waals surface area contributed by atoms with Crippen LogP contribution in [-0.4, -0.2) is 57.9 Å². The molecule has 12 heteroatoms. The van der Waals surface area contributed by atoms with Crippen molar-refractivity contribution in [2.75, 3.05) is 0 Å². The lowest BCUT2D eigenvalue weighted by atomic mass is 9.97. The molecule has 240 valence electrons. The summed E-state index contributed by atoms with van der Waals surface area (Å²) in [5.74, 6) is -2.37. The minimum absolute atomic E-state index is 0.0335. The van der Waals surface area contributed by atoms with Gasteiger partial charge in [0.15, 0.2) is 12.2 Å². The third-order valence-electron chi connectivity index (χ3n) is 6.45. The number of nitrogens with one attached hydrogen (secondary N) is 1. The summed E-state index contributed by atoms with van der Waals surface area (Å²) in [5, 5.41) is 8.25. The van der Waals surface area contributed by atoms with E-state index < -0.39 is 57.9 Å². The molecule has 0 radical (unpaired) electrons. The number of alkyl halides is 3. The molecule has 1 N–H and O–H groups in total. The Labute approximate surface area is 277 Å². The van der Waals surface area contributed by atoms with Gasteiger partial charge in [-0.3, -0.25) is 5.41 Å². The number of carbonyl (C=O) groups is 2. The Balaban J connectivity index is 1.78. The molecule has 4 rings (SSSR count). The predicted molar refractivity (Wildman–Crippen MR) is 169 cm³/mol. The number of rotatable bonds is 10. The van der Waals surface area contributed by atoms with Crippen LogP contribution < -0.4 is 0 Å². The van der Waals surface area contributed by atoms with E-state index in [4.69, 9.17) is 68.6 Å². The van der Waals surface area contributed by atoms with E-state index in [1.807, 2.05) is 60.7 Å². The van der Waals surface area contributed by atoms with Crippen molar-refractivity contribution in [3.63, 3.8) is 0 Å². The van der Waals surface area contributed by atoms with Gasteiger partial charge < -0.3 is 28.4 Å². The summed E-state index contributed by atoms with van der Waals surface area (Å²) in [6.45, 7) is 5.19. The van der Waals surface area contributed by atoms with E-state index in [1.165, 1.54) is 0 Å². The summed E-state index contributed by atoms with van der Waals surface area (Å²) in [6.07, 6.45) is -6.89. The van der Waals surface area contributed by atoms with E-state index in [0.717, 1.165) is 11.1 Å². The zero-order chi connectivity index (χ0) is 32.6. The Morgan fingerprint density at radius 1 is 0.733 bits per heavy atom. The highest BCUT2D eigenvalue weighted by molar-refractivity contribution is 6.76. The molecular weight excluding hydrogens is 645 g/mol.